The lowest BCUT2D eigenvalue weighted by molar-refractivity contribution is -0.145. The molecule has 0 saturated heterocycles. The maximum absolute atomic E-state index is 11.6. The summed E-state index contributed by atoms with van der Waals surface area (Å²) in [6, 6.07) is 11.2. The minimum Gasteiger partial charge on any atom is -0.493 e. The van der Waals surface area contributed by atoms with Crippen LogP contribution in [0.15, 0.2) is 36.4 Å². The number of rotatable bonds is 6. The number of carboxylic acid groups (broad SMARTS) is 1. The van der Waals surface area contributed by atoms with Crippen LogP contribution in [0.5, 0.6) is 11.5 Å². The molecule has 0 amide bonds. The molecule has 4 heteroatoms. The predicted molar refractivity (Wildman–Crippen MR) is 89.4 cm³/mol. The van der Waals surface area contributed by atoms with Crippen LogP contribution in [0.3, 0.4) is 0 Å². The van der Waals surface area contributed by atoms with Crippen molar-refractivity contribution in [2.24, 2.45) is 0 Å². The number of aryl methyl sites for hydroxylation is 3. The summed E-state index contributed by atoms with van der Waals surface area (Å²) in [5, 5.41) is 9.53. The molecule has 1 unspecified atom stereocenters. The van der Waals surface area contributed by atoms with Gasteiger partial charge in [-0.05, 0) is 49.6 Å². The van der Waals surface area contributed by atoms with Crippen molar-refractivity contribution in [2.45, 2.75) is 33.3 Å². The van der Waals surface area contributed by atoms with E-state index in [1.54, 1.807) is 18.2 Å². The fourth-order valence-electron chi connectivity index (χ4n) is 2.77. The van der Waals surface area contributed by atoms with E-state index in [4.69, 9.17) is 9.47 Å². The molecule has 0 fully saturated rings. The van der Waals surface area contributed by atoms with Crippen molar-refractivity contribution in [3.63, 3.8) is 0 Å². The Morgan fingerprint density at radius 3 is 2.17 bits per heavy atom. The Hall–Kier alpha value is -2.49. The summed E-state index contributed by atoms with van der Waals surface area (Å²) in [4.78, 5) is 11.6. The van der Waals surface area contributed by atoms with Gasteiger partial charge in [0.2, 0.25) is 0 Å². The second-order valence-corrected chi connectivity index (χ2v) is 5.68. The van der Waals surface area contributed by atoms with Crippen molar-refractivity contribution in [3.05, 3.63) is 58.7 Å². The van der Waals surface area contributed by atoms with E-state index in [0.29, 0.717) is 17.9 Å². The van der Waals surface area contributed by atoms with Crippen LogP contribution in [0.25, 0.3) is 0 Å². The van der Waals surface area contributed by atoms with Crippen molar-refractivity contribution in [1.82, 2.24) is 0 Å². The van der Waals surface area contributed by atoms with Gasteiger partial charge < -0.3 is 14.6 Å². The molecule has 122 valence electrons. The average molecular weight is 314 g/mol. The van der Waals surface area contributed by atoms with E-state index in [-0.39, 0.29) is 0 Å². The molecule has 1 N–H and O–H groups in total. The van der Waals surface area contributed by atoms with Gasteiger partial charge >= 0.3 is 5.97 Å². The van der Waals surface area contributed by atoms with Crippen molar-refractivity contribution in [3.8, 4) is 11.5 Å². The second kappa shape index (κ2) is 7.18. The third-order valence-electron chi connectivity index (χ3n) is 3.84. The molecule has 0 bridgehead atoms. The van der Waals surface area contributed by atoms with E-state index in [1.165, 1.54) is 12.7 Å². The zero-order chi connectivity index (χ0) is 17.0. The Labute approximate surface area is 136 Å². The third kappa shape index (κ3) is 4.03. The number of aliphatic carboxylic acids is 1. The minimum absolute atomic E-state index is 0.311. The first-order valence-corrected chi connectivity index (χ1v) is 7.51. The lowest BCUT2D eigenvalue weighted by Gasteiger charge is -2.19. The number of hydrogen-bond acceptors (Lipinski definition) is 3. The smallest absolute Gasteiger partial charge is 0.345 e. The Morgan fingerprint density at radius 1 is 1.09 bits per heavy atom. The lowest BCUT2D eigenvalue weighted by atomic mass is 9.95. The minimum atomic E-state index is -0.990. The molecule has 2 aromatic carbocycles. The zero-order valence-corrected chi connectivity index (χ0v) is 13.9. The SMILES string of the molecule is COc1ccccc1OC(Cc1c(C)cc(C)cc1C)C(=O)O. The fourth-order valence-corrected chi connectivity index (χ4v) is 2.77. The molecular weight excluding hydrogens is 292 g/mol. The summed E-state index contributed by atoms with van der Waals surface area (Å²) in [5.41, 5.74) is 4.34. The molecule has 23 heavy (non-hydrogen) atoms. The second-order valence-electron chi connectivity index (χ2n) is 5.68. The van der Waals surface area contributed by atoms with Gasteiger partial charge in [0, 0.05) is 6.42 Å². The molecule has 0 aromatic heterocycles. The van der Waals surface area contributed by atoms with E-state index < -0.39 is 12.1 Å². The summed E-state index contributed by atoms with van der Waals surface area (Å²) in [7, 11) is 1.53. The van der Waals surface area contributed by atoms with E-state index in [0.717, 1.165) is 16.7 Å². The summed E-state index contributed by atoms with van der Waals surface area (Å²) in [6.07, 6.45) is -0.655. The standard InChI is InChI=1S/C19H22O4/c1-12-9-13(2)15(14(3)10-12)11-18(19(20)21)23-17-8-6-5-7-16(17)22-4/h5-10,18H,11H2,1-4H3,(H,20,21). The van der Waals surface area contributed by atoms with Crippen LogP contribution in [0.4, 0.5) is 0 Å². The van der Waals surface area contributed by atoms with Crippen LogP contribution in [-0.4, -0.2) is 24.3 Å². The largest absolute Gasteiger partial charge is 0.493 e. The first-order valence-electron chi connectivity index (χ1n) is 7.51. The Balaban J connectivity index is 2.28. The quantitative estimate of drug-likeness (QED) is 0.883. The Kier molecular flexibility index (Phi) is 5.27. The molecule has 0 radical (unpaired) electrons. The molecular formula is C19H22O4. The summed E-state index contributed by atoms with van der Waals surface area (Å²) in [6.45, 7) is 6.03. The number of methoxy groups -OCH3 is 1. The van der Waals surface area contributed by atoms with Gasteiger partial charge in [0.05, 0.1) is 7.11 Å². The van der Waals surface area contributed by atoms with Gasteiger partial charge in [-0.25, -0.2) is 4.79 Å². The predicted octanol–water partition coefficient (Wildman–Crippen LogP) is 3.70. The first-order chi connectivity index (χ1) is 10.9. The van der Waals surface area contributed by atoms with Gasteiger partial charge in [-0.1, -0.05) is 29.8 Å². The maximum Gasteiger partial charge on any atom is 0.345 e. The van der Waals surface area contributed by atoms with Crippen LogP contribution >= 0.6 is 0 Å². The summed E-state index contributed by atoms with van der Waals surface area (Å²) >= 11 is 0. The van der Waals surface area contributed by atoms with Crippen LogP contribution in [0.1, 0.15) is 22.3 Å². The molecule has 2 rings (SSSR count). The highest BCUT2D eigenvalue weighted by Gasteiger charge is 2.23. The van der Waals surface area contributed by atoms with Gasteiger partial charge in [-0.3, -0.25) is 0 Å². The molecule has 0 aliphatic heterocycles. The molecule has 1 atom stereocenters. The zero-order valence-electron chi connectivity index (χ0n) is 13.9. The van der Waals surface area contributed by atoms with Crippen LogP contribution < -0.4 is 9.47 Å². The highest BCUT2D eigenvalue weighted by molar-refractivity contribution is 5.73. The molecule has 0 spiro atoms. The van der Waals surface area contributed by atoms with Crippen molar-refractivity contribution >= 4 is 5.97 Å². The monoisotopic (exact) mass is 314 g/mol. The van der Waals surface area contributed by atoms with Crippen LogP contribution in [0.2, 0.25) is 0 Å². The van der Waals surface area contributed by atoms with E-state index in [2.05, 4.69) is 12.1 Å². The maximum atomic E-state index is 11.6. The lowest BCUT2D eigenvalue weighted by Crippen LogP contribution is -2.30. The summed E-state index contributed by atoms with van der Waals surface area (Å²) in [5.74, 6) is -0.0313. The number of ether oxygens (including phenoxy) is 2. The number of carboxylic acids is 1. The Morgan fingerprint density at radius 2 is 1.65 bits per heavy atom. The molecule has 0 aliphatic rings. The topological polar surface area (TPSA) is 55.8 Å². The van der Waals surface area contributed by atoms with Gasteiger partial charge in [0.15, 0.2) is 17.6 Å². The third-order valence-corrected chi connectivity index (χ3v) is 3.84. The molecule has 2 aromatic rings. The highest BCUT2D eigenvalue weighted by Crippen LogP contribution is 2.28. The number of para-hydroxylation sites is 2. The van der Waals surface area contributed by atoms with Crippen LogP contribution in [0, 0.1) is 20.8 Å². The fraction of sp³-hybridized carbons (Fsp3) is 0.316. The summed E-state index contributed by atoms with van der Waals surface area (Å²) < 4.78 is 10.9. The van der Waals surface area contributed by atoms with E-state index in [9.17, 15) is 9.90 Å². The Bertz CT molecular complexity index is 683. The van der Waals surface area contributed by atoms with Crippen LogP contribution in [-0.2, 0) is 11.2 Å². The number of carbonyl (C=O) groups is 1. The average Bonchev–Trinajstić information content (AvgIpc) is 2.49. The molecule has 0 saturated carbocycles. The van der Waals surface area contributed by atoms with E-state index in [1.807, 2.05) is 26.8 Å². The highest BCUT2D eigenvalue weighted by atomic mass is 16.5. The molecule has 0 aliphatic carbocycles. The van der Waals surface area contributed by atoms with Crippen molar-refractivity contribution < 1.29 is 19.4 Å². The van der Waals surface area contributed by atoms with Gasteiger partial charge in [0.1, 0.15) is 0 Å². The van der Waals surface area contributed by atoms with Crippen molar-refractivity contribution in [1.29, 1.82) is 0 Å². The van der Waals surface area contributed by atoms with Gasteiger partial charge in [-0.2, -0.15) is 0 Å². The number of benzene rings is 2. The van der Waals surface area contributed by atoms with Gasteiger partial charge in [0.25, 0.3) is 0 Å². The normalized spacial score (nSPS) is 11.8. The first kappa shape index (κ1) is 16.9. The van der Waals surface area contributed by atoms with Gasteiger partial charge in [-0.15, -0.1) is 0 Å². The molecule has 4 nitrogen and oxygen atoms in total. The molecule has 0 heterocycles. The van der Waals surface area contributed by atoms with E-state index >= 15 is 0 Å². The number of hydrogen-bond donors (Lipinski definition) is 1. The van der Waals surface area contributed by atoms with Crippen molar-refractivity contribution in [2.75, 3.05) is 7.11 Å².